The lowest BCUT2D eigenvalue weighted by atomic mass is 9.96. The second-order valence-corrected chi connectivity index (χ2v) is 7.78. The maximum absolute atomic E-state index is 2.33. The van der Waals surface area contributed by atoms with Crippen molar-refractivity contribution in [3.05, 3.63) is 34.0 Å². The summed E-state index contributed by atoms with van der Waals surface area (Å²) in [7, 11) is 0. The average Bonchev–Trinajstić information content (AvgIpc) is 3.13. The largest absolute Gasteiger partial charge is 0.142 e. The van der Waals surface area contributed by atoms with Crippen LogP contribution in [0.4, 0.5) is 0 Å². The fourth-order valence-electron chi connectivity index (χ4n) is 3.27. The van der Waals surface area contributed by atoms with Gasteiger partial charge in [0.15, 0.2) is 0 Å². The van der Waals surface area contributed by atoms with E-state index in [0.717, 1.165) is 0 Å². The molecule has 112 valence electrons. The lowest BCUT2D eigenvalue weighted by molar-refractivity contribution is 0.608. The zero-order valence-electron chi connectivity index (χ0n) is 13.1. The van der Waals surface area contributed by atoms with Gasteiger partial charge in [0.25, 0.3) is 0 Å². The van der Waals surface area contributed by atoms with Crippen LogP contribution in [0.2, 0.25) is 0 Å². The molecule has 0 aliphatic heterocycles. The number of unbranched alkanes of at least 4 members (excludes halogenated alkanes) is 5. The second-order valence-electron chi connectivity index (χ2n) is 5.95. The summed E-state index contributed by atoms with van der Waals surface area (Å²) < 4.78 is 3.00. The van der Waals surface area contributed by atoms with Crippen molar-refractivity contribution in [2.75, 3.05) is 0 Å². The molecule has 0 fully saturated rings. The zero-order valence-corrected chi connectivity index (χ0v) is 14.7. The van der Waals surface area contributed by atoms with E-state index in [1.807, 2.05) is 22.7 Å². The minimum atomic E-state index is 1.25. The Morgan fingerprint density at radius 2 is 1.43 bits per heavy atom. The van der Waals surface area contributed by atoms with Gasteiger partial charge in [-0.2, -0.15) is 0 Å². The standard InChI is InChI=1S/C19H24S2/c1-3-4-5-6-7-8-9-15-14(2)16-10-12-20-18(16)19-17(15)11-13-21-19/h10-13H,3-9H2,1-2H3. The van der Waals surface area contributed by atoms with Crippen molar-refractivity contribution in [2.24, 2.45) is 0 Å². The fourth-order valence-corrected chi connectivity index (χ4v) is 5.34. The van der Waals surface area contributed by atoms with Crippen LogP contribution in [0, 0.1) is 6.92 Å². The van der Waals surface area contributed by atoms with Gasteiger partial charge >= 0.3 is 0 Å². The van der Waals surface area contributed by atoms with Gasteiger partial charge < -0.3 is 0 Å². The third kappa shape index (κ3) is 3.02. The molecular weight excluding hydrogens is 292 g/mol. The van der Waals surface area contributed by atoms with Gasteiger partial charge in [0.2, 0.25) is 0 Å². The number of hydrogen-bond donors (Lipinski definition) is 0. The molecule has 3 aromatic rings. The first kappa shape index (κ1) is 15.1. The third-order valence-electron chi connectivity index (χ3n) is 4.50. The van der Waals surface area contributed by atoms with Crippen molar-refractivity contribution in [1.82, 2.24) is 0 Å². The normalized spacial score (nSPS) is 11.7. The van der Waals surface area contributed by atoms with E-state index in [9.17, 15) is 0 Å². The van der Waals surface area contributed by atoms with Crippen LogP contribution in [-0.2, 0) is 6.42 Å². The van der Waals surface area contributed by atoms with Crippen molar-refractivity contribution in [3.63, 3.8) is 0 Å². The summed E-state index contributed by atoms with van der Waals surface area (Å²) in [5, 5.41) is 7.50. The van der Waals surface area contributed by atoms with Crippen LogP contribution in [0.3, 0.4) is 0 Å². The van der Waals surface area contributed by atoms with Gasteiger partial charge in [0.05, 0.1) is 9.40 Å². The van der Waals surface area contributed by atoms with Crippen LogP contribution >= 0.6 is 22.7 Å². The fraction of sp³-hybridized carbons (Fsp3) is 0.474. The molecule has 0 bridgehead atoms. The molecule has 0 spiro atoms. The Kier molecular flexibility index (Phi) is 4.97. The highest BCUT2D eigenvalue weighted by Gasteiger charge is 2.13. The smallest absolute Gasteiger partial charge is 0.0523 e. The maximum atomic E-state index is 2.33. The molecule has 0 atom stereocenters. The second kappa shape index (κ2) is 6.93. The molecular formula is C19H24S2. The molecule has 0 N–H and O–H groups in total. The van der Waals surface area contributed by atoms with Crippen LogP contribution < -0.4 is 0 Å². The van der Waals surface area contributed by atoms with Crippen molar-refractivity contribution in [2.45, 2.75) is 58.8 Å². The molecule has 0 saturated heterocycles. The van der Waals surface area contributed by atoms with Gasteiger partial charge in [0, 0.05) is 0 Å². The molecule has 0 aliphatic rings. The van der Waals surface area contributed by atoms with Crippen molar-refractivity contribution < 1.29 is 0 Å². The first-order valence-corrected chi connectivity index (χ1v) is 9.94. The van der Waals surface area contributed by atoms with E-state index in [1.54, 1.807) is 5.56 Å². The molecule has 0 amide bonds. The highest BCUT2D eigenvalue weighted by Crippen LogP contribution is 2.39. The lowest BCUT2D eigenvalue weighted by Crippen LogP contribution is -1.92. The maximum Gasteiger partial charge on any atom is 0.0523 e. The van der Waals surface area contributed by atoms with E-state index in [0.29, 0.717) is 0 Å². The number of rotatable bonds is 7. The number of benzene rings is 1. The topological polar surface area (TPSA) is 0 Å². The van der Waals surface area contributed by atoms with E-state index in [-0.39, 0.29) is 0 Å². The highest BCUT2D eigenvalue weighted by molar-refractivity contribution is 7.25. The molecule has 0 aliphatic carbocycles. The molecule has 0 radical (unpaired) electrons. The quantitative estimate of drug-likeness (QED) is 0.400. The van der Waals surface area contributed by atoms with Crippen LogP contribution in [0.15, 0.2) is 22.9 Å². The minimum absolute atomic E-state index is 1.25. The van der Waals surface area contributed by atoms with Gasteiger partial charge in [-0.15, -0.1) is 22.7 Å². The number of aryl methyl sites for hydroxylation is 2. The Morgan fingerprint density at radius 3 is 2.19 bits per heavy atom. The molecule has 0 nitrogen and oxygen atoms in total. The van der Waals surface area contributed by atoms with E-state index in [2.05, 4.69) is 36.7 Å². The van der Waals surface area contributed by atoms with E-state index in [4.69, 9.17) is 0 Å². The first-order valence-electron chi connectivity index (χ1n) is 8.18. The SMILES string of the molecule is CCCCCCCCc1c(C)c2ccsc2c2sccc12. The van der Waals surface area contributed by atoms with Crippen molar-refractivity contribution in [1.29, 1.82) is 0 Å². The molecule has 2 heterocycles. The van der Waals surface area contributed by atoms with E-state index < -0.39 is 0 Å². The summed E-state index contributed by atoms with van der Waals surface area (Å²) in [5.41, 5.74) is 3.12. The molecule has 0 saturated carbocycles. The predicted octanol–water partition coefficient (Wildman–Crippen LogP) is 7.33. The third-order valence-corrected chi connectivity index (χ3v) is 6.49. The van der Waals surface area contributed by atoms with Gasteiger partial charge in [-0.05, 0) is 64.6 Å². The Balaban J connectivity index is 1.80. The molecule has 1 aromatic carbocycles. The highest BCUT2D eigenvalue weighted by atomic mass is 32.1. The summed E-state index contributed by atoms with van der Waals surface area (Å²) in [5.74, 6) is 0. The first-order chi connectivity index (χ1) is 10.3. The summed E-state index contributed by atoms with van der Waals surface area (Å²) in [6.45, 7) is 4.60. The van der Waals surface area contributed by atoms with Gasteiger partial charge in [-0.3, -0.25) is 0 Å². The summed E-state index contributed by atoms with van der Waals surface area (Å²) in [4.78, 5) is 0. The Bertz CT molecular complexity index is 718. The lowest BCUT2D eigenvalue weighted by Gasteiger charge is -2.10. The van der Waals surface area contributed by atoms with Crippen LogP contribution in [0.5, 0.6) is 0 Å². The van der Waals surface area contributed by atoms with Crippen LogP contribution in [0.1, 0.15) is 56.6 Å². The number of thiophene rings is 2. The van der Waals surface area contributed by atoms with Crippen LogP contribution in [0.25, 0.3) is 20.2 Å². The summed E-state index contributed by atoms with van der Waals surface area (Å²) in [6.07, 6.45) is 9.51. The predicted molar refractivity (Wildman–Crippen MR) is 99.0 cm³/mol. The van der Waals surface area contributed by atoms with E-state index in [1.165, 1.54) is 70.7 Å². The monoisotopic (exact) mass is 316 g/mol. The zero-order chi connectivity index (χ0) is 14.7. The Hall–Kier alpha value is -0.860. The minimum Gasteiger partial charge on any atom is -0.142 e. The average molecular weight is 317 g/mol. The molecule has 21 heavy (non-hydrogen) atoms. The Labute approximate surface area is 135 Å². The summed E-state index contributed by atoms with van der Waals surface area (Å²) >= 11 is 3.80. The van der Waals surface area contributed by atoms with E-state index >= 15 is 0 Å². The molecule has 2 aromatic heterocycles. The molecule has 0 unspecified atom stereocenters. The van der Waals surface area contributed by atoms with Crippen molar-refractivity contribution >= 4 is 42.8 Å². The molecule has 3 rings (SSSR count). The van der Waals surface area contributed by atoms with Crippen molar-refractivity contribution in [3.8, 4) is 0 Å². The molecule has 2 heteroatoms. The van der Waals surface area contributed by atoms with Gasteiger partial charge in [-0.1, -0.05) is 39.0 Å². The van der Waals surface area contributed by atoms with Crippen LogP contribution in [-0.4, -0.2) is 0 Å². The number of fused-ring (bicyclic) bond motifs is 3. The van der Waals surface area contributed by atoms with Gasteiger partial charge in [-0.25, -0.2) is 0 Å². The van der Waals surface area contributed by atoms with Gasteiger partial charge in [0.1, 0.15) is 0 Å². The summed E-state index contributed by atoms with van der Waals surface area (Å²) in [6, 6.07) is 4.64. The number of hydrogen-bond acceptors (Lipinski definition) is 2. The Morgan fingerprint density at radius 1 is 0.810 bits per heavy atom.